The van der Waals surface area contributed by atoms with Crippen LogP contribution in [0.15, 0.2) is 47.4 Å². The normalized spacial score (nSPS) is 15.1. The van der Waals surface area contributed by atoms with Crippen LogP contribution in [-0.4, -0.2) is 55.3 Å². The predicted octanol–water partition coefficient (Wildman–Crippen LogP) is 4.03. The van der Waals surface area contributed by atoms with Crippen molar-refractivity contribution in [1.82, 2.24) is 9.80 Å². The fraction of sp³-hybridized carbons (Fsp3) is 0.350. The number of amides is 1. The topological polar surface area (TPSA) is 32.8 Å². The maximum atomic E-state index is 12.9. The summed E-state index contributed by atoms with van der Waals surface area (Å²) in [6.07, 6.45) is 2.01. The van der Waals surface area contributed by atoms with Crippen LogP contribution in [0.3, 0.4) is 0 Å². The van der Waals surface area contributed by atoms with Crippen LogP contribution in [0.2, 0.25) is 5.02 Å². The summed E-state index contributed by atoms with van der Waals surface area (Å²) in [5.41, 5.74) is 1.83. The van der Waals surface area contributed by atoms with Crippen LogP contribution >= 0.6 is 23.4 Å². The van der Waals surface area contributed by atoms with E-state index in [2.05, 4.69) is 11.0 Å². The lowest BCUT2D eigenvalue weighted by molar-refractivity contribution is 0.0625. The molecule has 1 saturated heterocycles. The number of rotatable bonds is 5. The van der Waals surface area contributed by atoms with Crippen LogP contribution in [0.5, 0.6) is 5.75 Å². The summed E-state index contributed by atoms with van der Waals surface area (Å²) in [7, 11) is 1.61. The van der Waals surface area contributed by atoms with Crippen LogP contribution in [0.1, 0.15) is 15.9 Å². The monoisotopic (exact) mass is 390 g/mol. The van der Waals surface area contributed by atoms with Gasteiger partial charge in [-0.25, -0.2) is 0 Å². The summed E-state index contributed by atoms with van der Waals surface area (Å²) in [5, 5.41) is 0.761. The van der Waals surface area contributed by atoms with E-state index >= 15 is 0 Å². The predicted molar refractivity (Wildman–Crippen MR) is 107 cm³/mol. The van der Waals surface area contributed by atoms with E-state index in [0.29, 0.717) is 24.4 Å². The Balaban J connectivity index is 1.62. The zero-order valence-electron chi connectivity index (χ0n) is 15.1. The molecule has 0 saturated carbocycles. The highest BCUT2D eigenvalue weighted by Crippen LogP contribution is 2.27. The van der Waals surface area contributed by atoms with E-state index in [4.69, 9.17) is 16.3 Å². The number of halogens is 1. The zero-order valence-corrected chi connectivity index (χ0v) is 16.6. The highest BCUT2D eigenvalue weighted by Gasteiger charge is 2.24. The van der Waals surface area contributed by atoms with E-state index in [1.807, 2.05) is 47.6 Å². The van der Waals surface area contributed by atoms with Gasteiger partial charge in [-0.05, 0) is 42.2 Å². The number of methoxy groups -OCH3 is 1. The number of hydrogen-bond acceptors (Lipinski definition) is 4. The van der Waals surface area contributed by atoms with Gasteiger partial charge < -0.3 is 9.64 Å². The van der Waals surface area contributed by atoms with E-state index in [9.17, 15) is 4.79 Å². The molecule has 0 unspecified atom stereocenters. The molecule has 0 aliphatic carbocycles. The molecule has 3 rings (SSSR count). The summed E-state index contributed by atoms with van der Waals surface area (Å²) < 4.78 is 5.43. The molecule has 1 amide bonds. The average Bonchev–Trinajstić information content (AvgIpc) is 2.67. The highest BCUT2D eigenvalue weighted by molar-refractivity contribution is 7.98. The number of ether oxygens (including phenoxy) is 1. The number of benzene rings is 2. The Bertz CT molecular complexity index is 776. The first-order chi connectivity index (χ1) is 12.6. The van der Waals surface area contributed by atoms with Crippen LogP contribution in [-0.2, 0) is 6.54 Å². The van der Waals surface area contributed by atoms with E-state index in [1.54, 1.807) is 18.9 Å². The standard InChI is InChI=1S/C20H23ClN2O2S/c1-25-19-13-17(26-2)6-7-18(19)20(24)23-10-8-22(9-11-23)14-15-4-3-5-16(21)12-15/h3-7,12-13H,8-11,14H2,1-2H3. The number of hydrogen-bond donors (Lipinski definition) is 0. The van der Waals surface area contributed by atoms with Crippen molar-refractivity contribution in [3.05, 3.63) is 58.6 Å². The molecule has 26 heavy (non-hydrogen) atoms. The summed E-state index contributed by atoms with van der Waals surface area (Å²) in [4.78, 5) is 18.2. The lowest BCUT2D eigenvalue weighted by Gasteiger charge is -2.35. The van der Waals surface area contributed by atoms with Gasteiger partial charge in [-0.3, -0.25) is 9.69 Å². The summed E-state index contributed by atoms with van der Waals surface area (Å²) >= 11 is 7.70. The van der Waals surface area contributed by atoms with E-state index in [1.165, 1.54) is 5.56 Å². The lowest BCUT2D eigenvalue weighted by Crippen LogP contribution is -2.48. The van der Waals surface area contributed by atoms with Gasteiger partial charge in [-0.1, -0.05) is 23.7 Å². The molecule has 1 fully saturated rings. The van der Waals surface area contributed by atoms with Gasteiger partial charge in [-0.2, -0.15) is 0 Å². The second-order valence-corrected chi connectivity index (χ2v) is 7.58. The Morgan fingerprint density at radius 1 is 1.15 bits per heavy atom. The van der Waals surface area contributed by atoms with Gasteiger partial charge in [-0.15, -0.1) is 11.8 Å². The highest BCUT2D eigenvalue weighted by atomic mass is 35.5. The van der Waals surface area contributed by atoms with Gasteiger partial charge in [0.1, 0.15) is 5.75 Å². The third-order valence-electron chi connectivity index (χ3n) is 4.59. The van der Waals surface area contributed by atoms with Crippen molar-refractivity contribution in [2.24, 2.45) is 0 Å². The molecule has 0 N–H and O–H groups in total. The summed E-state index contributed by atoms with van der Waals surface area (Å²) in [6, 6.07) is 13.7. The fourth-order valence-electron chi connectivity index (χ4n) is 3.15. The van der Waals surface area contributed by atoms with Crippen LogP contribution in [0.25, 0.3) is 0 Å². The number of piperazine rings is 1. The Hall–Kier alpha value is -1.69. The van der Waals surface area contributed by atoms with Crippen molar-refractivity contribution in [1.29, 1.82) is 0 Å². The SMILES string of the molecule is COc1cc(SC)ccc1C(=O)N1CCN(Cc2cccc(Cl)c2)CC1. The van der Waals surface area contributed by atoms with Crippen molar-refractivity contribution in [2.45, 2.75) is 11.4 Å². The molecule has 0 atom stereocenters. The molecule has 0 spiro atoms. The molecular weight excluding hydrogens is 368 g/mol. The number of nitrogens with zero attached hydrogens (tertiary/aromatic N) is 2. The number of carbonyl (C=O) groups is 1. The smallest absolute Gasteiger partial charge is 0.257 e. The van der Waals surface area contributed by atoms with E-state index in [-0.39, 0.29) is 5.91 Å². The van der Waals surface area contributed by atoms with E-state index < -0.39 is 0 Å². The van der Waals surface area contributed by atoms with Gasteiger partial charge in [0.25, 0.3) is 5.91 Å². The van der Waals surface area contributed by atoms with Gasteiger partial charge in [0.2, 0.25) is 0 Å². The second-order valence-electron chi connectivity index (χ2n) is 6.26. The second kappa shape index (κ2) is 8.80. The molecule has 0 radical (unpaired) electrons. The van der Waals surface area contributed by atoms with Gasteiger partial charge >= 0.3 is 0 Å². The molecule has 2 aromatic carbocycles. The summed E-state index contributed by atoms with van der Waals surface area (Å²) in [5.74, 6) is 0.681. The van der Waals surface area contributed by atoms with E-state index in [0.717, 1.165) is 29.6 Å². The Kier molecular flexibility index (Phi) is 6.46. The quantitative estimate of drug-likeness (QED) is 0.721. The molecule has 138 valence electrons. The van der Waals surface area contributed by atoms with Crippen molar-refractivity contribution in [2.75, 3.05) is 39.5 Å². The van der Waals surface area contributed by atoms with Crippen LogP contribution in [0, 0.1) is 0 Å². The van der Waals surface area contributed by atoms with Crippen LogP contribution in [0.4, 0.5) is 0 Å². The minimum absolute atomic E-state index is 0.0388. The van der Waals surface area contributed by atoms with Gasteiger partial charge in [0.15, 0.2) is 0 Å². The van der Waals surface area contributed by atoms with Crippen LogP contribution < -0.4 is 4.74 Å². The minimum atomic E-state index is 0.0388. The lowest BCUT2D eigenvalue weighted by atomic mass is 10.1. The number of thioether (sulfide) groups is 1. The molecule has 1 aliphatic heterocycles. The fourth-order valence-corrected chi connectivity index (χ4v) is 3.79. The van der Waals surface area contributed by atoms with Gasteiger partial charge in [0, 0.05) is 42.6 Å². The molecule has 1 heterocycles. The van der Waals surface area contributed by atoms with Gasteiger partial charge in [0.05, 0.1) is 12.7 Å². The van der Waals surface area contributed by atoms with Crippen molar-refractivity contribution in [3.63, 3.8) is 0 Å². The Morgan fingerprint density at radius 3 is 2.58 bits per heavy atom. The molecule has 0 bridgehead atoms. The third-order valence-corrected chi connectivity index (χ3v) is 5.55. The Labute approximate surface area is 164 Å². The third kappa shape index (κ3) is 4.53. The molecule has 2 aromatic rings. The first kappa shape index (κ1) is 19.1. The molecule has 6 heteroatoms. The largest absolute Gasteiger partial charge is 0.496 e. The molecule has 4 nitrogen and oxygen atoms in total. The average molecular weight is 391 g/mol. The van der Waals surface area contributed by atoms with Crippen molar-refractivity contribution in [3.8, 4) is 5.75 Å². The van der Waals surface area contributed by atoms with Crippen molar-refractivity contribution >= 4 is 29.3 Å². The summed E-state index contributed by atoms with van der Waals surface area (Å²) in [6.45, 7) is 3.99. The number of carbonyl (C=O) groups excluding carboxylic acids is 1. The Morgan fingerprint density at radius 2 is 1.92 bits per heavy atom. The maximum absolute atomic E-state index is 12.9. The van der Waals surface area contributed by atoms with Crippen molar-refractivity contribution < 1.29 is 9.53 Å². The molecule has 0 aromatic heterocycles. The first-order valence-corrected chi connectivity index (χ1v) is 10.2. The zero-order chi connectivity index (χ0) is 18.5. The maximum Gasteiger partial charge on any atom is 0.257 e. The first-order valence-electron chi connectivity index (χ1n) is 8.59. The molecule has 1 aliphatic rings. The molecular formula is C20H23ClN2O2S. The minimum Gasteiger partial charge on any atom is -0.496 e.